The van der Waals surface area contributed by atoms with Crippen LogP contribution in [0.3, 0.4) is 0 Å². The first-order valence-corrected chi connectivity index (χ1v) is 7.43. The van der Waals surface area contributed by atoms with Crippen LogP contribution in [0.1, 0.15) is 43.1 Å². The van der Waals surface area contributed by atoms with Crippen molar-refractivity contribution in [2.45, 2.75) is 40.2 Å². The molecule has 0 fully saturated rings. The predicted molar refractivity (Wildman–Crippen MR) is 79.3 cm³/mol. The zero-order valence-corrected chi connectivity index (χ0v) is 12.7. The summed E-state index contributed by atoms with van der Waals surface area (Å²) < 4.78 is 0. The Hall–Kier alpha value is -1.33. The van der Waals surface area contributed by atoms with E-state index in [1.807, 2.05) is 13.0 Å². The molecule has 2 aromatic rings. The van der Waals surface area contributed by atoms with E-state index in [1.54, 1.807) is 17.5 Å². The van der Waals surface area contributed by atoms with Crippen LogP contribution in [0, 0.1) is 6.92 Å². The summed E-state index contributed by atoms with van der Waals surface area (Å²) in [6, 6.07) is 1.92. The molecule has 0 spiro atoms. The van der Waals surface area contributed by atoms with Crippen LogP contribution < -0.4 is 5.32 Å². The minimum absolute atomic E-state index is 0.432. The van der Waals surface area contributed by atoms with Gasteiger partial charge in [0.15, 0.2) is 0 Å². The van der Waals surface area contributed by atoms with E-state index in [-0.39, 0.29) is 0 Å². The Labute approximate surface area is 118 Å². The zero-order valence-electron chi connectivity index (χ0n) is 11.9. The standard InChI is InChI=1S/C14H20N4S/c1-5-15-8-12-13(9(2)3)18-14(19-12)11-6-7-16-10(4)17-11/h6-7,9,15H,5,8H2,1-4H3. The largest absolute Gasteiger partial charge is 0.312 e. The number of nitrogens with one attached hydrogen (secondary N) is 1. The number of rotatable bonds is 5. The Morgan fingerprint density at radius 1 is 1.32 bits per heavy atom. The second-order valence-corrected chi connectivity index (χ2v) is 5.84. The highest BCUT2D eigenvalue weighted by Gasteiger charge is 2.15. The molecule has 0 bridgehead atoms. The van der Waals surface area contributed by atoms with Crippen molar-refractivity contribution >= 4 is 11.3 Å². The highest BCUT2D eigenvalue weighted by Crippen LogP contribution is 2.30. The van der Waals surface area contributed by atoms with Crippen LogP contribution in [-0.2, 0) is 6.54 Å². The molecule has 0 saturated heterocycles. The molecular weight excluding hydrogens is 256 g/mol. The normalized spacial score (nSPS) is 11.2. The van der Waals surface area contributed by atoms with Gasteiger partial charge in [-0.05, 0) is 25.5 Å². The third-order valence-electron chi connectivity index (χ3n) is 2.81. The molecule has 0 unspecified atom stereocenters. The van der Waals surface area contributed by atoms with Gasteiger partial charge in [0.1, 0.15) is 16.5 Å². The van der Waals surface area contributed by atoms with Crippen LogP contribution in [0.15, 0.2) is 12.3 Å². The van der Waals surface area contributed by atoms with E-state index in [4.69, 9.17) is 4.98 Å². The Morgan fingerprint density at radius 2 is 2.11 bits per heavy atom. The van der Waals surface area contributed by atoms with Gasteiger partial charge in [-0.2, -0.15) is 0 Å². The van der Waals surface area contributed by atoms with Crippen molar-refractivity contribution in [3.63, 3.8) is 0 Å². The maximum Gasteiger partial charge on any atom is 0.142 e. The van der Waals surface area contributed by atoms with E-state index < -0.39 is 0 Å². The Kier molecular flexibility index (Phi) is 4.61. The second-order valence-electron chi connectivity index (χ2n) is 4.75. The van der Waals surface area contributed by atoms with Crippen molar-refractivity contribution in [3.05, 3.63) is 28.7 Å². The monoisotopic (exact) mass is 276 g/mol. The minimum atomic E-state index is 0.432. The lowest BCUT2D eigenvalue weighted by molar-refractivity contribution is 0.714. The van der Waals surface area contributed by atoms with E-state index >= 15 is 0 Å². The van der Waals surface area contributed by atoms with E-state index in [0.29, 0.717) is 5.92 Å². The number of aryl methyl sites for hydroxylation is 1. The van der Waals surface area contributed by atoms with Crippen molar-refractivity contribution in [1.29, 1.82) is 0 Å². The topological polar surface area (TPSA) is 50.7 Å². The number of aromatic nitrogens is 3. The average Bonchev–Trinajstić information content (AvgIpc) is 2.80. The molecule has 2 rings (SSSR count). The molecule has 0 saturated carbocycles. The third kappa shape index (κ3) is 3.36. The summed E-state index contributed by atoms with van der Waals surface area (Å²) >= 11 is 1.73. The first-order chi connectivity index (χ1) is 9.11. The Balaban J connectivity index is 2.36. The summed E-state index contributed by atoms with van der Waals surface area (Å²) in [5, 5.41) is 4.36. The summed E-state index contributed by atoms with van der Waals surface area (Å²) in [7, 11) is 0. The van der Waals surface area contributed by atoms with Crippen molar-refractivity contribution in [3.8, 4) is 10.7 Å². The van der Waals surface area contributed by atoms with Gasteiger partial charge in [0.25, 0.3) is 0 Å². The van der Waals surface area contributed by atoms with Crippen molar-refractivity contribution in [1.82, 2.24) is 20.3 Å². The summed E-state index contributed by atoms with van der Waals surface area (Å²) in [6.07, 6.45) is 1.79. The molecule has 2 heterocycles. The van der Waals surface area contributed by atoms with Gasteiger partial charge < -0.3 is 5.32 Å². The fourth-order valence-corrected chi connectivity index (χ4v) is 3.02. The summed E-state index contributed by atoms with van der Waals surface area (Å²) in [5.74, 6) is 1.22. The molecule has 1 N–H and O–H groups in total. The summed E-state index contributed by atoms with van der Waals surface area (Å²) in [4.78, 5) is 14.7. The fraction of sp³-hybridized carbons (Fsp3) is 0.500. The van der Waals surface area contributed by atoms with Crippen LogP contribution in [0.5, 0.6) is 0 Å². The van der Waals surface area contributed by atoms with E-state index in [9.17, 15) is 0 Å². The van der Waals surface area contributed by atoms with Crippen LogP contribution in [0.4, 0.5) is 0 Å². The van der Waals surface area contributed by atoms with Gasteiger partial charge in [-0.1, -0.05) is 20.8 Å². The van der Waals surface area contributed by atoms with Crippen LogP contribution in [0.2, 0.25) is 0 Å². The van der Waals surface area contributed by atoms with Gasteiger partial charge in [0, 0.05) is 17.6 Å². The molecule has 0 amide bonds. The first kappa shape index (κ1) is 14.1. The van der Waals surface area contributed by atoms with Crippen molar-refractivity contribution in [2.24, 2.45) is 0 Å². The average molecular weight is 276 g/mol. The molecule has 0 aliphatic rings. The highest BCUT2D eigenvalue weighted by atomic mass is 32.1. The lowest BCUT2D eigenvalue weighted by Crippen LogP contribution is -2.12. The number of thiazole rings is 1. The lowest BCUT2D eigenvalue weighted by atomic mass is 10.1. The quantitative estimate of drug-likeness (QED) is 0.911. The molecule has 0 aliphatic carbocycles. The molecule has 0 aliphatic heterocycles. The van der Waals surface area contributed by atoms with Gasteiger partial charge in [-0.3, -0.25) is 0 Å². The van der Waals surface area contributed by atoms with Gasteiger partial charge in [0.05, 0.1) is 5.69 Å². The van der Waals surface area contributed by atoms with Crippen molar-refractivity contribution < 1.29 is 0 Å². The first-order valence-electron chi connectivity index (χ1n) is 6.62. The maximum absolute atomic E-state index is 4.76. The van der Waals surface area contributed by atoms with Gasteiger partial charge in [-0.15, -0.1) is 11.3 Å². The highest BCUT2D eigenvalue weighted by molar-refractivity contribution is 7.15. The lowest BCUT2D eigenvalue weighted by Gasteiger charge is -2.04. The van der Waals surface area contributed by atoms with E-state index in [1.165, 1.54) is 10.6 Å². The molecule has 0 aromatic carbocycles. The SMILES string of the molecule is CCNCc1sc(-c2ccnc(C)n2)nc1C(C)C. The molecule has 102 valence electrons. The van der Waals surface area contributed by atoms with Crippen LogP contribution in [0.25, 0.3) is 10.7 Å². The maximum atomic E-state index is 4.76. The molecular formula is C14H20N4S. The third-order valence-corrected chi connectivity index (χ3v) is 3.90. The number of hydrogen-bond donors (Lipinski definition) is 1. The molecule has 0 radical (unpaired) electrons. The van der Waals surface area contributed by atoms with Gasteiger partial charge >= 0.3 is 0 Å². The second kappa shape index (κ2) is 6.21. The van der Waals surface area contributed by atoms with Gasteiger partial charge in [-0.25, -0.2) is 15.0 Å². The van der Waals surface area contributed by atoms with E-state index in [2.05, 4.69) is 36.1 Å². The number of nitrogens with zero attached hydrogens (tertiary/aromatic N) is 3. The van der Waals surface area contributed by atoms with Crippen LogP contribution in [-0.4, -0.2) is 21.5 Å². The Morgan fingerprint density at radius 3 is 2.74 bits per heavy atom. The molecule has 19 heavy (non-hydrogen) atoms. The zero-order chi connectivity index (χ0) is 13.8. The smallest absolute Gasteiger partial charge is 0.142 e. The van der Waals surface area contributed by atoms with Crippen molar-refractivity contribution in [2.75, 3.05) is 6.54 Å². The fourth-order valence-electron chi connectivity index (χ4n) is 1.86. The molecule has 4 nitrogen and oxygen atoms in total. The molecule has 5 heteroatoms. The molecule has 2 aromatic heterocycles. The summed E-state index contributed by atoms with van der Waals surface area (Å²) in [6.45, 7) is 10.2. The number of hydrogen-bond acceptors (Lipinski definition) is 5. The predicted octanol–water partition coefficient (Wildman–Crippen LogP) is 3.14. The minimum Gasteiger partial charge on any atom is -0.312 e. The molecule has 0 atom stereocenters. The van der Waals surface area contributed by atoms with E-state index in [0.717, 1.165) is 29.6 Å². The summed E-state index contributed by atoms with van der Waals surface area (Å²) in [5.41, 5.74) is 2.10. The van der Waals surface area contributed by atoms with Gasteiger partial charge in [0.2, 0.25) is 0 Å². The Bertz CT molecular complexity index is 548. The van der Waals surface area contributed by atoms with Crippen LogP contribution >= 0.6 is 11.3 Å².